The summed E-state index contributed by atoms with van der Waals surface area (Å²) >= 11 is 0. The first-order valence-corrected chi connectivity index (χ1v) is 11.4. The van der Waals surface area contributed by atoms with Gasteiger partial charge in [0.25, 0.3) is 0 Å². The molecule has 3 rings (SSSR count). The average Bonchev–Trinajstić information content (AvgIpc) is 2.81. The number of nitrogens with zero attached hydrogens (tertiary/aromatic N) is 3. The first-order valence-electron chi connectivity index (χ1n) is 11.4. The highest BCUT2D eigenvalue weighted by molar-refractivity contribution is 5.91. The molecule has 0 saturated carbocycles. The topological polar surface area (TPSA) is 47.0 Å². The van der Waals surface area contributed by atoms with E-state index in [4.69, 9.17) is 0 Å². The van der Waals surface area contributed by atoms with Crippen LogP contribution in [0.5, 0.6) is 0 Å². The predicted octanol–water partition coefficient (Wildman–Crippen LogP) is 5.54. The lowest BCUT2D eigenvalue weighted by Crippen LogP contribution is -2.21. The van der Waals surface area contributed by atoms with Crippen LogP contribution in [0.25, 0.3) is 0 Å². The number of hydrogen-bond donors (Lipinski definition) is 1. The number of hydrogen-bond acceptors (Lipinski definition) is 4. The molecule has 0 saturated heterocycles. The van der Waals surface area contributed by atoms with E-state index in [1.807, 2.05) is 45.2 Å². The van der Waals surface area contributed by atoms with Gasteiger partial charge < -0.3 is 19.8 Å². The second-order valence-electron chi connectivity index (χ2n) is 8.65. The fourth-order valence-corrected chi connectivity index (χ4v) is 4.24. The van der Waals surface area contributed by atoms with Crippen molar-refractivity contribution in [3.63, 3.8) is 0 Å². The van der Waals surface area contributed by atoms with Gasteiger partial charge in [0.2, 0.25) is 0 Å². The fourth-order valence-electron chi connectivity index (χ4n) is 4.24. The average molecular weight is 446 g/mol. The van der Waals surface area contributed by atoms with E-state index in [2.05, 4.69) is 72.2 Å². The van der Waals surface area contributed by atoms with Crippen LogP contribution in [0.1, 0.15) is 46.8 Å². The van der Waals surface area contributed by atoms with Gasteiger partial charge in [0.15, 0.2) is 0 Å². The highest BCUT2D eigenvalue weighted by atomic mass is 16.4. The first kappa shape index (κ1) is 24.2. The van der Waals surface area contributed by atoms with Crippen molar-refractivity contribution in [1.29, 1.82) is 0 Å². The Kier molecular flexibility index (Phi) is 7.64. The van der Waals surface area contributed by atoms with Crippen molar-refractivity contribution in [1.82, 2.24) is 0 Å². The third-order valence-corrected chi connectivity index (χ3v) is 6.19. The van der Waals surface area contributed by atoms with Crippen molar-refractivity contribution >= 4 is 23.0 Å². The summed E-state index contributed by atoms with van der Waals surface area (Å²) < 4.78 is 0. The summed E-state index contributed by atoms with van der Waals surface area (Å²) in [5.41, 5.74) is 6.41. The van der Waals surface area contributed by atoms with E-state index < -0.39 is 5.97 Å². The minimum Gasteiger partial charge on any atom is -0.478 e. The highest BCUT2D eigenvalue weighted by Gasteiger charge is 2.24. The Labute approximate surface area is 197 Å². The smallest absolute Gasteiger partial charge is 0.336 e. The SMILES string of the molecule is CCN(CC)c1ccc(C(c2ccc(N(C)C)cc2)c2ccc(N(C)C)cc2C(=O)O)cc1. The number of aromatic carboxylic acids is 1. The second kappa shape index (κ2) is 10.4. The van der Waals surface area contributed by atoms with Crippen LogP contribution in [0.4, 0.5) is 17.1 Å². The van der Waals surface area contributed by atoms with Gasteiger partial charge in [-0.15, -0.1) is 0 Å². The van der Waals surface area contributed by atoms with Gasteiger partial charge in [-0.1, -0.05) is 30.3 Å². The molecule has 0 heterocycles. The summed E-state index contributed by atoms with van der Waals surface area (Å²) in [7, 11) is 7.87. The molecular formula is C28H35N3O2. The number of carboxylic acids is 1. The summed E-state index contributed by atoms with van der Waals surface area (Å²) in [6, 6.07) is 22.6. The maximum absolute atomic E-state index is 12.3. The monoisotopic (exact) mass is 445 g/mol. The molecule has 5 nitrogen and oxygen atoms in total. The van der Waals surface area contributed by atoms with Crippen LogP contribution in [0.15, 0.2) is 66.7 Å². The lowest BCUT2D eigenvalue weighted by atomic mass is 9.82. The van der Waals surface area contributed by atoms with Crippen molar-refractivity contribution in [2.75, 3.05) is 56.0 Å². The molecule has 0 aromatic heterocycles. The molecular weight excluding hydrogens is 410 g/mol. The van der Waals surface area contributed by atoms with Gasteiger partial charge in [-0.3, -0.25) is 0 Å². The lowest BCUT2D eigenvalue weighted by molar-refractivity contribution is 0.0695. The van der Waals surface area contributed by atoms with Gasteiger partial charge in [0.05, 0.1) is 5.56 Å². The first-order chi connectivity index (χ1) is 15.8. The van der Waals surface area contributed by atoms with Crippen LogP contribution in [-0.2, 0) is 0 Å². The van der Waals surface area contributed by atoms with Gasteiger partial charge in [0, 0.05) is 64.3 Å². The molecule has 3 aromatic carbocycles. The normalized spacial score (nSPS) is 11.7. The van der Waals surface area contributed by atoms with E-state index in [0.29, 0.717) is 5.56 Å². The quantitative estimate of drug-likeness (QED) is 0.438. The molecule has 0 aliphatic carbocycles. The number of carbonyl (C=O) groups is 1. The third-order valence-electron chi connectivity index (χ3n) is 6.19. The van der Waals surface area contributed by atoms with E-state index in [-0.39, 0.29) is 5.92 Å². The Morgan fingerprint density at radius 1 is 0.727 bits per heavy atom. The third kappa shape index (κ3) is 5.30. The molecule has 0 bridgehead atoms. The highest BCUT2D eigenvalue weighted by Crippen LogP contribution is 2.37. The van der Waals surface area contributed by atoms with E-state index >= 15 is 0 Å². The Hall–Kier alpha value is -3.47. The molecule has 0 fully saturated rings. The Morgan fingerprint density at radius 2 is 1.18 bits per heavy atom. The molecule has 1 N–H and O–H groups in total. The van der Waals surface area contributed by atoms with Crippen LogP contribution in [0.3, 0.4) is 0 Å². The molecule has 1 atom stereocenters. The van der Waals surface area contributed by atoms with E-state index in [1.54, 1.807) is 6.07 Å². The van der Waals surface area contributed by atoms with E-state index in [9.17, 15) is 9.90 Å². The van der Waals surface area contributed by atoms with Crippen LogP contribution in [0.2, 0.25) is 0 Å². The molecule has 1 unspecified atom stereocenters. The molecule has 174 valence electrons. The standard InChI is InChI=1S/C28H35N3O2/c1-7-31(8-2)23-15-11-21(12-16-23)27(20-9-13-22(14-10-20)29(3)4)25-18-17-24(30(5)6)19-26(25)28(32)33/h9-19,27H,7-8H2,1-6H3,(H,32,33). The molecule has 0 radical (unpaired) electrons. The van der Waals surface area contributed by atoms with Gasteiger partial charge in [0.1, 0.15) is 0 Å². The molecule has 33 heavy (non-hydrogen) atoms. The lowest BCUT2D eigenvalue weighted by Gasteiger charge is -2.25. The minimum atomic E-state index is -0.914. The molecule has 0 aliphatic heterocycles. The Bertz CT molecular complexity index is 1070. The summed E-state index contributed by atoms with van der Waals surface area (Å²) in [5, 5.41) is 10.1. The van der Waals surface area contributed by atoms with Crippen LogP contribution >= 0.6 is 0 Å². The maximum atomic E-state index is 12.3. The summed E-state index contributed by atoms with van der Waals surface area (Å²) in [6.45, 7) is 6.19. The zero-order valence-corrected chi connectivity index (χ0v) is 20.5. The predicted molar refractivity (Wildman–Crippen MR) is 139 cm³/mol. The molecule has 5 heteroatoms. The van der Waals surface area contributed by atoms with Crippen molar-refractivity contribution < 1.29 is 9.90 Å². The zero-order chi connectivity index (χ0) is 24.1. The molecule has 0 aliphatic rings. The molecule has 0 amide bonds. The van der Waals surface area contributed by atoms with Gasteiger partial charge in [-0.25, -0.2) is 4.79 Å². The van der Waals surface area contributed by atoms with Crippen molar-refractivity contribution in [2.45, 2.75) is 19.8 Å². The van der Waals surface area contributed by atoms with Crippen LogP contribution in [-0.4, -0.2) is 52.4 Å². The van der Waals surface area contributed by atoms with Crippen LogP contribution in [0, 0.1) is 0 Å². The second-order valence-corrected chi connectivity index (χ2v) is 8.65. The summed E-state index contributed by atoms with van der Waals surface area (Å²) in [5.74, 6) is -1.10. The Morgan fingerprint density at radius 3 is 1.61 bits per heavy atom. The summed E-state index contributed by atoms with van der Waals surface area (Å²) in [4.78, 5) is 18.6. The fraction of sp³-hybridized carbons (Fsp3) is 0.321. The number of carboxylic acid groups (broad SMARTS) is 1. The molecule has 3 aromatic rings. The maximum Gasteiger partial charge on any atom is 0.336 e. The van der Waals surface area contributed by atoms with Gasteiger partial charge >= 0.3 is 5.97 Å². The van der Waals surface area contributed by atoms with Gasteiger partial charge in [-0.05, 0) is 66.9 Å². The summed E-state index contributed by atoms with van der Waals surface area (Å²) in [6.07, 6.45) is 0. The van der Waals surface area contributed by atoms with Crippen molar-refractivity contribution in [3.8, 4) is 0 Å². The van der Waals surface area contributed by atoms with E-state index in [1.165, 1.54) is 5.69 Å². The number of anilines is 3. The largest absolute Gasteiger partial charge is 0.478 e. The number of benzene rings is 3. The molecule has 0 spiro atoms. The zero-order valence-electron chi connectivity index (χ0n) is 20.5. The van der Waals surface area contributed by atoms with Crippen molar-refractivity contribution in [2.24, 2.45) is 0 Å². The Balaban J connectivity index is 2.17. The van der Waals surface area contributed by atoms with E-state index in [0.717, 1.165) is 41.2 Å². The minimum absolute atomic E-state index is 0.186. The van der Waals surface area contributed by atoms with Crippen molar-refractivity contribution in [3.05, 3.63) is 89.0 Å². The number of rotatable bonds is 9. The van der Waals surface area contributed by atoms with Gasteiger partial charge in [-0.2, -0.15) is 0 Å². The van der Waals surface area contributed by atoms with Crippen LogP contribution < -0.4 is 14.7 Å².